The second-order valence-corrected chi connectivity index (χ2v) is 12.0. The van der Waals surface area contributed by atoms with Crippen LogP contribution in [0.4, 0.5) is 15.8 Å². The van der Waals surface area contributed by atoms with Gasteiger partial charge in [0.15, 0.2) is 0 Å². The number of fused-ring (bicyclic) bond motifs is 1. The van der Waals surface area contributed by atoms with Crippen molar-refractivity contribution in [1.82, 2.24) is 20.0 Å². The molecule has 0 bridgehead atoms. The van der Waals surface area contributed by atoms with Crippen molar-refractivity contribution in [2.75, 3.05) is 23.8 Å². The van der Waals surface area contributed by atoms with E-state index < -0.39 is 5.44 Å². The van der Waals surface area contributed by atoms with Gasteiger partial charge in [-0.05, 0) is 49.1 Å². The molecule has 2 atom stereocenters. The van der Waals surface area contributed by atoms with Gasteiger partial charge in [-0.2, -0.15) is 5.26 Å². The smallest absolute Gasteiger partial charge is 0.148 e. The predicted molar refractivity (Wildman–Crippen MR) is 156 cm³/mol. The Morgan fingerprint density at radius 1 is 1.23 bits per heavy atom. The lowest BCUT2D eigenvalue weighted by atomic mass is 9.69. The van der Waals surface area contributed by atoms with E-state index in [0.29, 0.717) is 52.4 Å². The second kappa shape index (κ2) is 10.1. The van der Waals surface area contributed by atoms with Crippen LogP contribution in [0.25, 0.3) is 10.9 Å². The molecule has 40 heavy (non-hydrogen) atoms. The summed E-state index contributed by atoms with van der Waals surface area (Å²) in [6.45, 7) is 5.59. The molecule has 2 aliphatic rings. The quantitative estimate of drug-likeness (QED) is 0.309. The van der Waals surface area contributed by atoms with Crippen LogP contribution in [-0.4, -0.2) is 47.1 Å². The fourth-order valence-electron chi connectivity index (χ4n) is 5.42. The van der Waals surface area contributed by atoms with Gasteiger partial charge in [0.1, 0.15) is 25.4 Å². The molecule has 2 fully saturated rings. The molecular weight excluding hydrogens is 528 g/mol. The maximum atomic E-state index is 13.9. The summed E-state index contributed by atoms with van der Waals surface area (Å²) >= 11 is 6.81. The van der Waals surface area contributed by atoms with E-state index in [-0.39, 0.29) is 17.3 Å². The molecule has 0 spiro atoms. The van der Waals surface area contributed by atoms with E-state index in [4.69, 9.17) is 16.3 Å². The molecule has 8 nitrogen and oxygen atoms in total. The largest absolute Gasteiger partial charge is 0.381 e. The standard InChI is InChI=1S/C29H30BClFN7O/c1-28(2)16-40-10-9-24(28)35-26-17(13-33)14-34-27-22(26)11-20(12-23(27)31)36-29(30,18-3-5-19(32)6-4-18)25-15-39(38-37-25)21-7-8-21/h3-6,11-12,14-15,21,24,36H,7-10,16,30H2,1-2H3,(H,34,35). The van der Waals surface area contributed by atoms with Crippen molar-refractivity contribution in [2.24, 2.45) is 5.41 Å². The van der Waals surface area contributed by atoms with Gasteiger partial charge in [0, 0.05) is 35.3 Å². The molecule has 1 saturated heterocycles. The van der Waals surface area contributed by atoms with E-state index in [1.54, 1.807) is 18.3 Å². The highest BCUT2D eigenvalue weighted by Crippen LogP contribution is 2.40. The first-order valence-electron chi connectivity index (χ1n) is 13.5. The third-order valence-electron chi connectivity index (χ3n) is 8.09. The highest BCUT2D eigenvalue weighted by atomic mass is 35.5. The maximum Gasteiger partial charge on any atom is 0.148 e. The fourth-order valence-corrected chi connectivity index (χ4v) is 5.69. The van der Waals surface area contributed by atoms with Gasteiger partial charge in [-0.3, -0.25) is 4.98 Å². The Balaban J connectivity index is 1.45. The minimum atomic E-state index is -0.853. The topological polar surface area (TPSA) is 101 Å². The third-order valence-corrected chi connectivity index (χ3v) is 8.38. The van der Waals surface area contributed by atoms with Crippen molar-refractivity contribution in [1.29, 1.82) is 5.26 Å². The Hall–Kier alpha value is -3.68. The number of ether oxygens (including phenoxy) is 1. The van der Waals surface area contributed by atoms with E-state index in [2.05, 4.69) is 45.8 Å². The second-order valence-electron chi connectivity index (χ2n) is 11.6. The Kier molecular flexibility index (Phi) is 6.67. The number of nitrogens with zero attached hydrogens (tertiary/aromatic N) is 5. The number of aromatic nitrogens is 4. The van der Waals surface area contributed by atoms with Crippen molar-refractivity contribution in [2.45, 2.75) is 50.6 Å². The lowest BCUT2D eigenvalue weighted by Gasteiger charge is -2.39. The number of pyridine rings is 1. The lowest BCUT2D eigenvalue weighted by Crippen LogP contribution is -2.44. The van der Waals surface area contributed by atoms with Gasteiger partial charge >= 0.3 is 0 Å². The van der Waals surface area contributed by atoms with Crippen molar-refractivity contribution >= 4 is 41.7 Å². The predicted octanol–water partition coefficient (Wildman–Crippen LogP) is 5.00. The van der Waals surface area contributed by atoms with Crippen LogP contribution in [0.5, 0.6) is 0 Å². The molecule has 2 N–H and O–H groups in total. The van der Waals surface area contributed by atoms with E-state index in [1.807, 2.05) is 30.9 Å². The van der Waals surface area contributed by atoms with E-state index in [9.17, 15) is 9.65 Å². The van der Waals surface area contributed by atoms with Crippen LogP contribution in [0, 0.1) is 22.6 Å². The van der Waals surface area contributed by atoms with Crippen molar-refractivity contribution in [3.05, 3.63) is 76.5 Å². The van der Waals surface area contributed by atoms with Crippen molar-refractivity contribution in [3.63, 3.8) is 0 Å². The van der Waals surface area contributed by atoms with Gasteiger partial charge in [-0.15, -0.1) is 5.10 Å². The minimum Gasteiger partial charge on any atom is -0.381 e. The van der Waals surface area contributed by atoms with Crippen LogP contribution >= 0.6 is 11.6 Å². The van der Waals surface area contributed by atoms with Gasteiger partial charge in [0.2, 0.25) is 0 Å². The minimum absolute atomic E-state index is 0.0938. The highest BCUT2D eigenvalue weighted by Gasteiger charge is 2.36. The molecule has 3 heterocycles. The zero-order valence-corrected chi connectivity index (χ0v) is 23.5. The van der Waals surface area contributed by atoms with Gasteiger partial charge in [-0.1, -0.05) is 42.8 Å². The molecular formula is C29H30BClFN7O. The summed E-state index contributed by atoms with van der Waals surface area (Å²) in [5.74, 6) is -0.316. The summed E-state index contributed by atoms with van der Waals surface area (Å²) in [6, 6.07) is 12.9. The summed E-state index contributed by atoms with van der Waals surface area (Å²) in [7, 11) is 1.99. The Labute approximate surface area is 238 Å². The molecule has 6 rings (SSSR count). The number of anilines is 2. The zero-order valence-electron chi connectivity index (χ0n) is 22.7. The van der Waals surface area contributed by atoms with Crippen LogP contribution in [0.3, 0.4) is 0 Å². The van der Waals surface area contributed by atoms with E-state index >= 15 is 0 Å². The van der Waals surface area contributed by atoms with Gasteiger partial charge < -0.3 is 15.4 Å². The van der Waals surface area contributed by atoms with Crippen LogP contribution < -0.4 is 10.6 Å². The summed E-state index contributed by atoms with van der Waals surface area (Å²) < 4.78 is 21.5. The average Bonchev–Trinajstić information content (AvgIpc) is 3.65. The normalized spacial score (nSPS) is 20.0. The molecule has 1 saturated carbocycles. The summed E-state index contributed by atoms with van der Waals surface area (Å²) in [5.41, 5.74) is 2.98. The Morgan fingerprint density at radius 3 is 2.70 bits per heavy atom. The van der Waals surface area contributed by atoms with Crippen molar-refractivity contribution in [3.8, 4) is 6.07 Å². The van der Waals surface area contributed by atoms with Crippen LogP contribution in [-0.2, 0) is 10.2 Å². The van der Waals surface area contributed by atoms with Crippen molar-refractivity contribution < 1.29 is 9.13 Å². The number of benzene rings is 2. The van der Waals surface area contributed by atoms with Gasteiger partial charge in [0.25, 0.3) is 0 Å². The first-order valence-corrected chi connectivity index (χ1v) is 13.9. The highest BCUT2D eigenvalue weighted by molar-refractivity contribution is 6.36. The number of nitriles is 1. The average molecular weight is 558 g/mol. The molecule has 0 amide bonds. The number of rotatable bonds is 7. The van der Waals surface area contributed by atoms with Crippen LogP contribution in [0.15, 0.2) is 48.8 Å². The lowest BCUT2D eigenvalue weighted by molar-refractivity contribution is 0.00350. The number of halogens is 2. The maximum absolute atomic E-state index is 13.9. The Bertz CT molecular complexity index is 1620. The zero-order chi connectivity index (χ0) is 28.1. The molecule has 11 heteroatoms. The molecule has 1 aliphatic heterocycles. The van der Waals surface area contributed by atoms with Gasteiger partial charge in [-0.25, -0.2) is 9.07 Å². The van der Waals surface area contributed by atoms with E-state index in [1.165, 1.54) is 12.1 Å². The van der Waals surface area contributed by atoms with Gasteiger partial charge in [0.05, 0.1) is 46.1 Å². The number of hydrogen-bond donors (Lipinski definition) is 2. The summed E-state index contributed by atoms with van der Waals surface area (Å²) in [5, 5.41) is 27.3. The molecule has 204 valence electrons. The van der Waals surface area contributed by atoms with Crippen LogP contribution in [0.1, 0.15) is 56.0 Å². The first kappa shape index (κ1) is 26.5. The third kappa shape index (κ3) is 4.89. The van der Waals surface area contributed by atoms with Crippen LogP contribution in [0.2, 0.25) is 5.02 Å². The van der Waals surface area contributed by atoms with E-state index in [0.717, 1.165) is 30.2 Å². The first-order chi connectivity index (χ1) is 19.2. The monoisotopic (exact) mass is 557 g/mol. The summed E-state index contributed by atoms with van der Waals surface area (Å²) in [6.07, 6.45) is 6.49. The fraction of sp³-hybridized carbons (Fsp3) is 0.379. The Morgan fingerprint density at radius 2 is 2.00 bits per heavy atom. The molecule has 0 radical (unpaired) electrons. The molecule has 2 unspecified atom stereocenters. The molecule has 2 aromatic carbocycles. The molecule has 1 aliphatic carbocycles. The molecule has 4 aromatic rings. The number of hydrogen-bond acceptors (Lipinski definition) is 7. The summed E-state index contributed by atoms with van der Waals surface area (Å²) in [4.78, 5) is 4.52. The number of nitrogens with one attached hydrogen (secondary N) is 2. The SMILES string of the molecule is BC(Nc1cc(Cl)c2ncc(C#N)c(NC3CCOCC3(C)C)c2c1)(c1ccc(F)cc1)c1cn(C2CC2)nn1. The molecule has 2 aromatic heterocycles.